The minimum Gasteiger partial charge on any atom is -0.391 e. The van der Waals surface area contributed by atoms with Gasteiger partial charge >= 0.3 is 0 Å². The smallest absolute Gasteiger partial charge is 0.0741 e. The topological polar surface area (TPSA) is 32.3 Å². The van der Waals surface area contributed by atoms with Gasteiger partial charge < -0.3 is 10.4 Å². The van der Waals surface area contributed by atoms with Crippen LogP contribution in [0.1, 0.15) is 25.7 Å². The molecular weight excluding hydrogens is 302 g/mol. The van der Waals surface area contributed by atoms with Gasteiger partial charge in [-0.15, -0.1) is 0 Å². The first-order chi connectivity index (χ1) is 9.25. The molecule has 2 aromatic rings. The molecule has 0 saturated heterocycles. The van der Waals surface area contributed by atoms with Gasteiger partial charge in [0.05, 0.1) is 12.1 Å². The van der Waals surface area contributed by atoms with E-state index in [1.54, 1.807) is 0 Å². The molecule has 0 aromatic heterocycles. The number of fused-ring (bicyclic) bond motifs is 1. The van der Waals surface area contributed by atoms with Crippen LogP contribution in [0.5, 0.6) is 0 Å². The fourth-order valence-corrected chi connectivity index (χ4v) is 3.35. The van der Waals surface area contributed by atoms with E-state index < -0.39 is 0 Å². The zero-order valence-corrected chi connectivity index (χ0v) is 12.4. The summed E-state index contributed by atoms with van der Waals surface area (Å²) in [6, 6.07) is 12.7. The van der Waals surface area contributed by atoms with E-state index in [1.165, 1.54) is 17.2 Å². The summed E-state index contributed by atoms with van der Waals surface area (Å²) in [5.74, 6) is 0. The lowest BCUT2D eigenvalue weighted by molar-refractivity contribution is 0.116. The maximum Gasteiger partial charge on any atom is 0.0741 e. The fraction of sp³-hybridized carbons (Fsp3) is 0.375. The van der Waals surface area contributed by atoms with Crippen LogP contribution in [0.2, 0.25) is 0 Å². The predicted molar refractivity (Wildman–Crippen MR) is 83.5 cm³/mol. The average molecular weight is 320 g/mol. The van der Waals surface area contributed by atoms with Gasteiger partial charge in [-0.1, -0.05) is 53.0 Å². The molecule has 0 aliphatic heterocycles. The van der Waals surface area contributed by atoms with Crippen LogP contribution in [-0.2, 0) is 0 Å². The second-order valence-electron chi connectivity index (χ2n) is 5.24. The molecule has 0 heterocycles. The molecular formula is C16H18BrNO. The molecule has 1 aliphatic carbocycles. The summed E-state index contributed by atoms with van der Waals surface area (Å²) in [6.45, 7) is 0. The second kappa shape index (κ2) is 5.51. The van der Waals surface area contributed by atoms with Crippen LogP contribution in [0, 0.1) is 0 Å². The van der Waals surface area contributed by atoms with Crippen LogP contribution < -0.4 is 5.32 Å². The van der Waals surface area contributed by atoms with Crippen molar-refractivity contribution in [2.75, 3.05) is 5.32 Å². The highest BCUT2D eigenvalue weighted by atomic mass is 79.9. The van der Waals surface area contributed by atoms with Crippen LogP contribution in [0.4, 0.5) is 5.69 Å². The lowest BCUT2D eigenvalue weighted by Gasteiger charge is -2.29. The molecule has 0 bridgehead atoms. The predicted octanol–water partition coefficient (Wildman–Crippen LogP) is 4.32. The van der Waals surface area contributed by atoms with Gasteiger partial charge in [-0.3, -0.25) is 0 Å². The molecule has 2 atom stereocenters. The number of nitrogens with one attached hydrogen (secondary N) is 1. The Labute approximate surface area is 122 Å². The summed E-state index contributed by atoms with van der Waals surface area (Å²) in [5, 5.41) is 16.0. The molecule has 3 heteroatoms. The van der Waals surface area contributed by atoms with E-state index in [1.807, 2.05) is 6.07 Å². The number of aliphatic hydroxyl groups excluding tert-OH is 1. The lowest BCUT2D eigenvalue weighted by Crippen LogP contribution is -2.36. The molecule has 1 saturated carbocycles. The first-order valence-electron chi connectivity index (χ1n) is 6.87. The third kappa shape index (κ3) is 2.63. The van der Waals surface area contributed by atoms with Gasteiger partial charge in [0.2, 0.25) is 0 Å². The van der Waals surface area contributed by atoms with Crippen LogP contribution in [0.3, 0.4) is 0 Å². The molecule has 2 nitrogen and oxygen atoms in total. The Hall–Kier alpha value is -1.06. The van der Waals surface area contributed by atoms with Crippen LogP contribution in [0.25, 0.3) is 10.8 Å². The van der Waals surface area contributed by atoms with Crippen molar-refractivity contribution in [3.8, 4) is 0 Å². The van der Waals surface area contributed by atoms with Crippen LogP contribution >= 0.6 is 15.9 Å². The molecule has 3 rings (SSSR count). The molecule has 1 fully saturated rings. The van der Waals surface area contributed by atoms with E-state index >= 15 is 0 Å². The molecule has 2 N–H and O–H groups in total. The van der Waals surface area contributed by atoms with Crippen molar-refractivity contribution in [1.29, 1.82) is 0 Å². The van der Waals surface area contributed by atoms with E-state index in [4.69, 9.17) is 0 Å². The van der Waals surface area contributed by atoms with E-state index in [9.17, 15) is 5.11 Å². The van der Waals surface area contributed by atoms with Crippen LogP contribution in [0.15, 0.2) is 40.9 Å². The van der Waals surface area contributed by atoms with Crippen molar-refractivity contribution in [2.45, 2.75) is 37.8 Å². The summed E-state index contributed by atoms with van der Waals surface area (Å²) in [6.07, 6.45) is 4.07. The Kier molecular flexibility index (Phi) is 3.76. The molecule has 0 spiro atoms. The fourth-order valence-electron chi connectivity index (χ4n) is 2.87. The summed E-state index contributed by atoms with van der Waals surface area (Å²) >= 11 is 3.59. The average Bonchev–Trinajstić information content (AvgIpc) is 2.44. The maximum atomic E-state index is 10.1. The van der Waals surface area contributed by atoms with Crippen molar-refractivity contribution < 1.29 is 5.11 Å². The van der Waals surface area contributed by atoms with Gasteiger partial charge in [0, 0.05) is 15.5 Å². The molecule has 1 aliphatic rings. The van der Waals surface area contributed by atoms with Gasteiger partial charge in [-0.05, 0) is 30.4 Å². The Bertz CT molecular complexity index is 584. The monoisotopic (exact) mass is 319 g/mol. The van der Waals surface area contributed by atoms with Gasteiger partial charge in [0.15, 0.2) is 0 Å². The van der Waals surface area contributed by atoms with Gasteiger partial charge in [0.1, 0.15) is 0 Å². The summed E-state index contributed by atoms with van der Waals surface area (Å²) in [7, 11) is 0. The van der Waals surface area contributed by atoms with Gasteiger partial charge in [-0.2, -0.15) is 0 Å². The molecule has 0 amide bonds. The van der Waals surface area contributed by atoms with Crippen molar-refractivity contribution in [3.05, 3.63) is 40.9 Å². The van der Waals surface area contributed by atoms with Crippen molar-refractivity contribution in [1.82, 2.24) is 0 Å². The quantitative estimate of drug-likeness (QED) is 0.864. The van der Waals surface area contributed by atoms with Crippen molar-refractivity contribution in [3.63, 3.8) is 0 Å². The molecule has 100 valence electrons. The standard InChI is InChI=1S/C16H18BrNO/c17-13-9-10-14(12-6-2-1-5-11(12)13)18-15-7-3-4-8-16(15)19/h1-2,5-6,9-10,15-16,18-19H,3-4,7-8H2. The van der Waals surface area contributed by atoms with Gasteiger partial charge in [0.25, 0.3) is 0 Å². The number of aliphatic hydroxyl groups is 1. The SMILES string of the molecule is OC1CCCCC1Nc1ccc(Br)c2ccccc12. The number of benzene rings is 2. The first-order valence-corrected chi connectivity index (χ1v) is 7.67. The molecule has 2 aromatic carbocycles. The summed E-state index contributed by atoms with van der Waals surface area (Å²) in [4.78, 5) is 0. The van der Waals surface area contributed by atoms with E-state index in [2.05, 4.69) is 51.6 Å². The first kappa shape index (κ1) is 12.9. The molecule has 19 heavy (non-hydrogen) atoms. The third-order valence-electron chi connectivity index (χ3n) is 3.94. The number of hydrogen-bond acceptors (Lipinski definition) is 2. The zero-order chi connectivity index (χ0) is 13.2. The zero-order valence-electron chi connectivity index (χ0n) is 10.8. The number of rotatable bonds is 2. The van der Waals surface area contributed by atoms with Crippen molar-refractivity contribution >= 4 is 32.4 Å². The third-order valence-corrected chi connectivity index (χ3v) is 4.63. The normalized spacial score (nSPS) is 23.5. The van der Waals surface area contributed by atoms with Crippen LogP contribution in [-0.4, -0.2) is 17.3 Å². The Morgan fingerprint density at radius 3 is 2.53 bits per heavy atom. The highest BCUT2D eigenvalue weighted by molar-refractivity contribution is 9.10. The number of anilines is 1. The highest BCUT2D eigenvalue weighted by Gasteiger charge is 2.23. The van der Waals surface area contributed by atoms with E-state index in [0.717, 1.165) is 29.4 Å². The second-order valence-corrected chi connectivity index (χ2v) is 6.10. The lowest BCUT2D eigenvalue weighted by atomic mass is 9.92. The number of hydrogen-bond donors (Lipinski definition) is 2. The van der Waals surface area contributed by atoms with E-state index in [0.29, 0.717) is 0 Å². The Balaban J connectivity index is 1.94. The molecule has 2 unspecified atom stereocenters. The summed E-state index contributed by atoms with van der Waals surface area (Å²) in [5.41, 5.74) is 1.12. The Morgan fingerprint density at radius 1 is 1.00 bits per heavy atom. The Morgan fingerprint density at radius 2 is 1.74 bits per heavy atom. The largest absolute Gasteiger partial charge is 0.391 e. The maximum absolute atomic E-state index is 10.1. The minimum absolute atomic E-state index is 0.179. The minimum atomic E-state index is -0.226. The number of halogens is 1. The highest BCUT2D eigenvalue weighted by Crippen LogP contribution is 2.32. The van der Waals surface area contributed by atoms with Gasteiger partial charge in [-0.25, -0.2) is 0 Å². The van der Waals surface area contributed by atoms with E-state index in [-0.39, 0.29) is 12.1 Å². The molecule has 0 radical (unpaired) electrons. The van der Waals surface area contributed by atoms with Crippen molar-refractivity contribution in [2.24, 2.45) is 0 Å². The summed E-state index contributed by atoms with van der Waals surface area (Å²) < 4.78 is 1.11.